The van der Waals surface area contributed by atoms with E-state index in [-0.39, 0.29) is 18.7 Å². The first-order valence-electron chi connectivity index (χ1n) is 6.82. The number of carboxylic acids is 1. The zero-order valence-corrected chi connectivity index (χ0v) is 12.0. The summed E-state index contributed by atoms with van der Waals surface area (Å²) in [6.45, 7) is 0.0195. The molecule has 0 radical (unpaired) electrons. The summed E-state index contributed by atoms with van der Waals surface area (Å²) in [6, 6.07) is 9.75. The largest absolute Gasteiger partial charge is 0.550 e. The molecule has 0 bridgehead atoms. The first-order chi connectivity index (χ1) is 11.0. The van der Waals surface area contributed by atoms with Crippen molar-refractivity contribution in [3.63, 3.8) is 0 Å². The summed E-state index contributed by atoms with van der Waals surface area (Å²) in [5.74, 6) is -2.40. The molecule has 23 heavy (non-hydrogen) atoms. The molecule has 2 aromatic rings. The Hall–Kier alpha value is -3.16. The van der Waals surface area contributed by atoms with E-state index in [0.29, 0.717) is 0 Å². The molecule has 0 aliphatic rings. The monoisotopic (exact) mass is 316 g/mol. The normalized spacial score (nSPS) is 11.7. The third kappa shape index (κ3) is 4.67. The SMILES string of the molecule is O=C([O-])C[C@@H](CNC(=O)c1cc(=O)[nH]c(=O)[nH]1)c1ccccc1. The van der Waals surface area contributed by atoms with Gasteiger partial charge in [0.15, 0.2) is 0 Å². The third-order valence-electron chi connectivity index (χ3n) is 3.20. The van der Waals surface area contributed by atoms with E-state index < -0.39 is 29.0 Å². The first kappa shape index (κ1) is 16.2. The van der Waals surface area contributed by atoms with Crippen LogP contribution in [-0.2, 0) is 4.79 Å². The zero-order chi connectivity index (χ0) is 16.8. The standard InChI is InChI=1S/C15H15N3O5/c19-12-7-11(17-15(23)18-12)14(22)16-8-10(6-13(20)21)9-4-2-1-3-5-9/h1-5,7,10H,6,8H2,(H,16,22)(H,20,21)(H2,17,18,19,23)/p-1/t10-/m0/s1. The Morgan fingerprint density at radius 1 is 1.13 bits per heavy atom. The van der Waals surface area contributed by atoms with Gasteiger partial charge in [0.2, 0.25) is 0 Å². The molecule has 0 aliphatic heterocycles. The van der Waals surface area contributed by atoms with Gasteiger partial charge in [-0.2, -0.15) is 0 Å². The number of hydrogen-bond donors (Lipinski definition) is 3. The highest BCUT2D eigenvalue weighted by Gasteiger charge is 2.15. The number of nitrogens with one attached hydrogen (secondary N) is 3. The zero-order valence-electron chi connectivity index (χ0n) is 12.0. The number of carbonyl (C=O) groups is 2. The molecule has 1 aromatic carbocycles. The number of aromatic amines is 2. The summed E-state index contributed by atoms with van der Waals surface area (Å²) >= 11 is 0. The van der Waals surface area contributed by atoms with Gasteiger partial charge in [0.25, 0.3) is 11.5 Å². The molecule has 0 spiro atoms. The van der Waals surface area contributed by atoms with Crippen molar-refractivity contribution in [3.05, 3.63) is 68.5 Å². The van der Waals surface area contributed by atoms with Gasteiger partial charge in [-0.3, -0.25) is 14.6 Å². The van der Waals surface area contributed by atoms with Crippen LogP contribution in [0.1, 0.15) is 28.4 Å². The molecule has 0 unspecified atom stereocenters. The van der Waals surface area contributed by atoms with E-state index in [1.807, 2.05) is 4.98 Å². The Balaban J connectivity index is 2.11. The molecular formula is C15H14N3O5-. The molecule has 1 atom stereocenters. The molecule has 3 N–H and O–H groups in total. The molecule has 1 aromatic heterocycles. The Kier molecular flexibility index (Phi) is 5.08. The summed E-state index contributed by atoms with van der Waals surface area (Å²) in [7, 11) is 0. The quantitative estimate of drug-likeness (QED) is 0.610. The van der Waals surface area contributed by atoms with Crippen LogP contribution in [0.4, 0.5) is 0 Å². The topological polar surface area (TPSA) is 135 Å². The van der Waals surface area contributed by atoms with Crippen molar-refractivity contribution in [2.45, 2.75) is 12.3 Å². The Morgan fingerprint density at radius 3 is 2.43 bits per heavy atom. The highest BCUT2D eigenvalue weighted by Crippen LogP contribution is 2.18. The molecule has 1 amide bonds. The van der Waals surface area contributed by atoms with Gasteiger partial charge in [-0.05, 0) is 12.0 Å². The fourth-order valence-corrected chi connectivity index (χ4v) is 2.14. The number of H-pyrrole nitrogens is 2. The fourth-order valence-electron chi connectivity index (χ4n) is 2.14. The lowest BCUT2D eigenvalue weighted by Gasteiger charge is -2.18. The highest BCUT2D eigenvalue weighted by molar-refractivity contribution is 5.92. The van der Waals surface area contributed by atoms with Crippen LogP contribution in [0, 0.1) is 0 Å². The molecule has 8 heteroatoms. The van der Waals surface area contributed by atoms with Crippen molar-refractivity contribution in [2.24, 2.45) is 0 Å². The minimum absolute atomic E-state index is 0.0195. The van der Waals surface area contributed by atoms with Crippen LogP contribution in [0.25, 0.3) is 0 Å². The van der Waals surface area contributed by atoms with Crippen LogP contribution in [-0.4, -0.2) is 28.4 Å². The maximum Gasteiger partial charge on any atom is 0.326 e. The second-order valence-corrected chi connectivity index (χ2v) is 4.90. The molecule has 1 heterocycles. The van der Waals surface area contributed by atoms with Gasteiger partial charge in [0.1, 0.15) is 5.69 Å². The molecule has 0 saturated carbocycles. The predicted molar refractivity (Wildman–Crippen MR) is 78.8 cm³/mol. The van der Waals surface area contributed by atoms with E-state index in [2.05, 4.69) is 10.3 Å². The van der Waals surface area contributed by atoms with Gasteiger partial charge in [-0.25, -0.2) is 4.79 Å². The molecular weight excluding hydrogens is 302 g/mol. The minimum Gasteiger partial charge on any atom is -0.550 e. The van der Waals surface area contributed by atoms with Gasteiger partial charge >= 0.3 is 5.69 Å². The van der Waals surface area contributed by atoms with E-state index in [9.17, 15) is 24.3 Å². The van der Waals surface area contributed by atoms with E-state index in [4.69, 9.17) is 0 Å². The number of rotatable bonds is 6. The van der Waals surface area contributed by atoms with Gasteiger partial charge in [0.05, 0.1) is 0 Å². The van der Waals surface area contributed by atoms with Crippen molar-refractivity contribution < 1.29 is 14.7 Å². The smallest absolute Gasteiger partial charge is 0.326 e. The average Bonchev–Trinajstić information content (AvgIpc) is 2.50. The maximum atomic E-state index is 12.0. The van der Waals surface area contributed by atoms with Crippen LogP contribution in [0.3, 0.4) is 0 Å². The maximum absolute atomic E-state index is 12.0. The summed E-state index contributed by atoms with van der Waals surface area (Å²) < 4.78 is 0. The summed E-state index contributed by atoms with van der Waals surface area (Å²) in [5.41, 5.74) is -0.958. The van der Waals surface area contributed by atoms with Crippen molar-refractivity contribution in [1.82, 2.24) is 15.3 Å². The lowest BCUT2D eigenvalue weighted by Crippen LogP contribution is -2.35. The van der Waals surface area contributed by atoms with Crippen LogP contribution >= 0.6 is 0 Å². The molecule has 0 saturated heterocycles. The van der Waals surface area contributed by atoms with Crippen molar-refractivity contribution >= 4 is 11.9 Å². The van der Waals surface area contributed by atoms with Crippen LogP contribution < -0.4 is 21.7 Å². The van der Waals surface area contributed by atoms with Gasteiger partial charge < -0.3 is 20.2 Å². The Labute approximate surface area is 130 Å². The summed E-state index contributed by atoms with van der Waals surface area (Å²) in [5, 5.41) is 13.4. The lowest BCUT2D eigenvalue weighted by atomic mass is 9.95. The van der Waals surface area contributed by atoms with E-state index in [1.165, 1.54) is 0 Å². The van der Waals surface area contributed by atoms with Gasteiger partial charge in [-0.15, -0.1) is 0 Å². The van der Waals surface area contributed by atoms with E-state index >= 15 is 0 Å². The van der Waals surface area contributed by atoms with E-state index in [0.717, 1.165) is 11.6 Å². The number of hydrogen-bond acceptors (Lipinski definition) is 5. The first-order valence-corrected chi connectivity index (χ1v) is 6.82. The molecule has 2 rings (SSSR count). The van der Waals surface area contributed by atoms with Gasteiger partial charge in [-0.1, -0.05) is 30.3 Å². The fraction of sp³-hybridized carbons (Fsp3) is 0.200. The molecule has 0 aliphatic carbocycles. The second-order valence-electron chi connectivity index (χ2n) is 4.90. The van der Waals surface area contributed by atoms with E-state index in [1.54, 1.807) is 30.3 Å². The predicted octanol–water partition coefficient (Wildman–Crippen LogP) is -1.28. The van der Waals surface area contributed by atoms with Gasteiger partial charge in [0, 0.05) is 24.5 Å². The molecule has 0 fully saturated rings. The number of carbonyl (C=O) groups excluding carboxylic acids is 2. The number of carboxylic acid groups (broad SMARTS) is 1. The van der Waals surface area contributed by atoms with Crippen LogP contribution in [0.2, 0.25) is 0 Å². The third-order valence-corrected chi connectivity index (χ3v) is 3.20. The molecule has 8 nitrogen and oxygen atoms in total. The van der Waals surface area contributed by atoms with Crippen LogP contribution in [0.5, 0.6) is 0 Å². The Bertz CT molecular complexity index is 781. The average molecular weight is 316 g/mol. The second kappa shape index (κ2) is 7.21. The van der Waals surface area contributed by atoms with Crippen molar-refractivity contribution in [1.29, 1.82) is 0 Å². The van der Waals surface area contributed by atoms with Crippen LogP contribution in [0.15, 0.2) is 46.0 Å². The number of amides is 1. The van der Waals surface area contributed by atoms with Crippen molar-refractivity contribution in [3.8, 4) is 0 Å². The number of aliphatic carboxylic acids is 1. The highest BCUT2D eigenvalue weighted by atomic mass is 16.4. The Morgan fingerprint density at radius 2 is 1.83 bits per heavy atom. The van der Waals surface area contributed by atoms with Crippen molar-refractivity contribution in [2.75, 3.05) is 6.54 Å². The number of benzene rings is 1. The summed E-state index contributed by atoms with van der Waals surface area (Å²) in [6.07, 6.45) is -0.268. The summed E-state index contributed by atoms with van der Waals surface area (Å²) in [4.78, 5) is 49.3. The number of aromatic nitrogens is 2. The lowest BCUT2D eigenvalue weighted by molar-refractivity contribution is -0.306. The minimum atomic E-state index is -1.24. The molecule has 120 valence electrons.